The fourth-order valence-electron chi connectivity index (χ4n) is 1.76. The first kappa shape index (κ1) is 16.6. The van der Waals surface area contributed by atoms with E-state index in [-0.39, 0.29) is 11.6 Å². The van der Waals surface area contributed by atoms with Gasteiger partial charge in [0.05, 0.1) is 18.4 Å². The molecule has 1 heterocycles. The summed E-state index contributed by atoms with van der Waals surface area (Å²) in [6.07, 6.45) is -3.71. The van der Waals surface area contributed by atoms with Crippen molar-refractivity contribution in [1.29, 1.82) is 0 Å². The number of aromatic nitrogens is 1. The highest BCUT2D eigenvalue weighted by atomic mass is 19.4. The van der Waals surface area contributed by atoms with E-state index in [0.717, 1.165) is 12.3 Å². The largest absolute Gasteiger partial charge is 0.507 e. The Balaban J connectivity index is 2.16. The van der Waals surface area contributed by atoms with Gasteiger partial charge in [0.2, 0.25) is 0 Å². The molecule has 0 fully saturated rings. The molecule has 2 rings (SSSR count). The molecule has 1 aromatic carbocycles. The molecule has 0 unspecified atom stereocenters. The van der Waals surface area contributed by atoms with Crippen LogP contribution in [0.5, 0.6) is 11.5 Å². The van der Waals surface area contributed by atoms with Gasteiger partial charge in [-0.05, 0) is 37.3 Å². The Labute approximate surface area is 130 Å². The summed E-state index contributed by atoms with van der Waals surface area (Å²) in [5.41, 5.74) is 2.56. The van der Waals surface area contributed by atoms with E-state index in [1.807, 2.05) is 0 Å². The first-order chi connectivity index (χ1) is 10.8. The normalized spacial score (nSPS) is 12.1. The van der Waals surface area contributed by atoms with Gasteiger partial charge in [0, 0.05) is 11.8 Å². The molecular formula is C15H14F3N3O2. The maximum absolute atomic E-state index is 12.4. The second-order valence-electron chi connectivity index (χ2n) is 4.62. The summed E-state index contributed by atoms with van der Waals surface area (Å²) in [7, 11) is 1.49. The lowest BCUT2D eigenvalue weighted by molar-refractivity contribution is -0.137. The molecule has 0 bridgehead atoms. The summed E-state index contributed by atoms with van der Waals surface area (Å²) in [6, 6.07) is 6.73. The van der Waals surface area contributed by atoms with E-state index in [1.54, 1.807) is 19.1 Å². The zero-order chi connectivity index (χ0) is 17.0. The number of pyridine rings is 1. The number of methoxy groups -OCH3 is 1. The molecule has 2 aromatic rings. The number of ether oxygens (including phenoxy) is 1. The molecule has 0 aliphatic rings. The number of alkyl halides is 3. The number of hydrazone groups is 1. The standard InChI is InChI=1S/C15H14F3N3O2/c1-9(12-7-11(23-2)4-5-13(12)22)20-21-14-6-3-10(8-19-14)15(16,17)18/h3-8,22H,1-2H3,(H,19,21)/b20-9+. The van der Waals surface area contributed by atoms with E-state index in [1.165, 1.54) is 19.2 Å². The zero-order valence-electron chi connectivity index (χ0n) is 12.3. The highest BCUT2D eigenvalue weighted by molar-refractivity contribution is 6.01. The Hall–Kier alpha value is -2.77. The summed E-state index contributed by atoms with van der Waals surface area (Å²) in [5, 5.41) is 13.8. The molecule has 0 atom stereocenters. The molecule has 122 valence electrons. The second kappa shape index (κ2) is 6.55. The van der Waals surface area contributed by atoms with Crippen LogP contribution in [0, 0.1) is 0 Å². The Morgan fingerprint density at radius 3 is 2.57 bits per heavy atom. The van der Waals surface area contributed by atoms with Gasteiger partial charge in [-0.3, -0.25) is 5.43 Å². The highest BCUT2D eigenvalue weighted by Gasteiger charge is 2.30. The minimum absolute atomic E-state index is 0.00854. The molecule has 0 amide bonds. The lowest BCUT2D eigenvalue weighted by Crippen LogP contribution is -2.06. The van der Waals surface area contributed by atoms with Crippen LogP contribution in [0.3, 0.4) is 0 Å². The van der Waals surface area contributed by atoms with Crippen LogP contribution in [0.2, 0.25) is 0 Å². The van der Waals surface area contributed by atoms with Crippen molar-refractivity contribution in [2.45, 2.75) is 13.1 Å². The fourth-order valence-corrected chi connectivity index (χ4v) is 1.76. The number of hydrogen-bond acceptors (Lipinski definition) is 5. The topological polar surface area (TPSA) is 66.7 Å². The van der Waals surface area contributed by atoms with Crippen LogP contribution in [0.1, 0.15) is 18.1 Å². The zero-order valence-corrected chi connectivity index (χ0v) is 12.3. The van der Waals surface area contributed by atoms with Gasteiger partial charge in [-0.1, -0.05) is 0 Å². The van der Waals surface area contributed by atoms with Crippen molar-refractivity contribution in [3.63, 3.8) is 0 Å². The predicted octanol–water partition coefficient (Wildman–Crippen LogP) is 3.65. The number of nitrogens with zero attached hydrogens (tertiary/aromatic N) is 2. The first-order valence-electron chi connectivity index (χ1n) is 6.52. The number of rotatable bonds is 4. The van der Waals surface area contributed by atoms with Gasteiger partial charge in [0.25, 0.3) is 0 Å². The Kier molecular flexibility index (Phi) is 4.73. The molecule has 8 heteroatoms. The van der Waals surface area contributed by atoms with Crippen LogP contribution in [0.15, 0.2) is 41.6 Å². The Morgan fingerprint density at radius 1 is 1.26 bits per heavy atom. The number of halogens is 3. The van der Waals surface area contributed by atoms with Gasteiger partial charge in [0.1, 0.15) is 17.3 Å². The number of benzene rings is 1. The molecule has 5 nitrogen and oxygen atoms in total. The predicted molar refractivity (Wildman–Crippen MR) is 79.7 cm³/mol. The van der Waals surface area contributed by atoms with Gasteiger partial charge in [-0.2, -0.15) is 18.3 Å². The van der Waals surface area contributed by atoms with E-state index < -0.39 is 11.7 Å². The molecule has 0 aliphatic heterocycles. The molecule has 0 radical (unpaired) electrons. The summed E-state index contributed by atoms with van der Waals surface area (Å²) < 4.78 is 42.4. The highest BCUT2D eigenvalue weighted by Crippen LogP contribution is 2.29. The van der Waals surface area contributed by atoms with E-state index in [4.69, 9.17) is 4.74 Å². The minimum atomic E-state index is -4.43. The molecule has 1 aromatic heterocycles. The number of nitrogens with one attached hydrogen (secondary N) is 1. The van der Waals surface area contributed by atoms with E-state index in [2.05, 4.69) is 15.5 Å². The summed E-state index contributed by atoms with van der Waals surface area (Å²) in [4.78, 5) is 3.64. The lowest BCUT2D eigenvalue weighted by Gasteiger charge is -2.08. The van der Waals surface area contributed by atoms with E-state index in [0.29, 0.717) is 17.0 Å². The smallest absolute Gasteiger partial charge is 0.417 e. The first-order valence-corrected chi connectivity index (χ1v) is 6.52. The van der Waals surface area contributed by atoms with Gasteiger partial charge in [0.15, 0.2) is 0 Å². The molecular weight excluding hydrogens is 311 g/mol. The minimum Gasteiger partial charge on any atom is -0.507 e. The average Bonchev–Trinajstić information content (AvgIpc) is 2.52. The van der Waals surface area contributed by atoms with E-state index in [9.17, 15) is 18.3 Å². The maximum atomic E-state index is 12.4. The lowest BCUT2D eigenvalue weighted by atomic mass is 10.1. The molecule has 0 saturated carbocycles. The van der Waals surface area contributed by atoms with Gasteiger partial charge < -0.3 is 9.84 Å². The van der Waals surface area contributed by atoms with Crippen LogP contribution in [-0.4, -0.2) is 22.9 Å². The van der Waals surface area contributed by atoms with Crippen LogP contribution in [0.25, 0.3) is 0 Å². The van der Waals surface area contributed by atoms with Crippen molar-refractivity contribution >= 4 is 11.5 Å². The van der Waals surface area contributed by atoms with Crippen molar-refractivity contribution < 1.29 is 23.0 Å². The molecule has 0 saturated heterocycles. The van der Waals surface area contributed by atoms with Crippen molar-refractivity contribution in [2.24, 2.45) is 5.10 Å². The SMILES string of the molecule is COc1ccc(O)c(/C(C)=N/Nc2ccc(C(F)(F)F)cn2)c1. The van der Waals surface area contributed by atoms with Crippen LogP contribution >= 0.6 is 0 Å². The molecule has 2 N–H and O–H groups in total. The number of hydrogen-bond donors (Lipinski definition) is 2. The van der Waals surface area contributed by atoms with Crippen LogP contribution < -0.4 is 10.2 Å². The fraction of sp³-hybridized carbons (Fsp3) is 0.200. The van der Waals surface area contributed by atoms with Crippen LogP contribution in [-0.2, 0) is 6.18 Å². The Morgan fingerprint density at radius 2 is 2.00 bits per heavy atom. The Bertz CT molecular complexity index is 713. The molecule has 0 aliphatic carbocycles. The third-order valence-electron chi connectivity index (χ3n) is 3.02. The van der Waals surface area contributed by atoms with Crippen molar-refractivity contribution in [1.82, 2.24) is 4.98 Å². The number of phenols is 1. The van der Waals surface area contributed by atoms with E-state index >= 15 is 0 Å². The van der Waals surface area contributed by atoms with Gasteiger partial charge >= 0.3 is 6.18 Å². The van der Waals surface area contributed by atoms with Gasteiger partial charge in [-0.25, -0.2) is 4.98 Å². The number of phenolic OH excluding ortho intramolecular Hbond substituents is 1. The third-order valence-corrected chi connectivity index (χ3v) is 3.02. The quantitative estimate of drug-likeness (QED) is 0.665. The third kappa shape index (κ3) is 4.12. The van der Waals surface area contributed by atoms with Gasteiger partial charge in [-0.15, -0.1) is 0 Å². The summed E-state index contributed by atoms with van der Waals surface area (Å²) in [5.74, 6) is 0.703. The summed E-state index contributed by atoms with van der Waals surface area (Å²) >= 11 is 0. The van der Waals surface area contributed by atoms with Crippen molar-refractivity contribution in [2.75, 3.05) is 12.5 Å². The monoisotopic (exact) mass is 325 g/mol. The van der Waals surface area contributed by atoms with Crippen molar-refractivity contribution in [3.8, 4) is 11.5 Å². The molecule has 0 spiro atoms. The number of aromatic hydroxyl groups is 1. The number of anilines is 1. The van der Waals surface area contributed by atoms with Crippen molar-refractivity contribution in [3.05, 3.63) is 47.7 Å². The second-order valence-corrected chi connectivity index (χ2v) is 4.62. The average molecular weight is 325 g/mol. The van der Waals surface area contributed by atoms with Crippen LogP contribution in [0.4, 0.5) is 19.0 Å². The molecule has 23 heavy (non-hydrogen) atoms. The summed E-state index contributed by atoms with van der Waals surface area (Å²) in [6.45, 7) is 1.63. The maximum Gasteiger partial charge on any atom is 0.417 e.